The molecule has 300 valence electrons. The number of carboxylic acid groups (broad SMARTS) is 1. The van der Waals surface area contributed by atoms with E-state index in [-0.39, 0.29) is 64.5 Å². The van der Waals surface area contributed by atoms with Crippen molar-refractivity contribution in [2.75, 3.05) is 0 Å². The van der Waals surface area contributed by atoms with E-state index in [4.69, 9.17) is 28.8 Å². The van der Waals surface area contributed by atoms with Gasteiger partial charge in [0.25, 0.3) is 5.97 Å². The van der Waals surface area contributed by atoms with Crippen molar-refractivity contribution in [3.8, 4) is 0 Å². The second-order valence-corrected chi connectivity index (χ2v) is 17.7. The highest BCUT2D eigenvalue weighted by molar-refractivity contribution is 5.78. The molecule has 4 aliphatic carbocycles. The number of hydrogen-bond acceptors (Lipinski definition) is 9. The van der Waals surface area contributed by atoms with Gasteiger partial charge in [0.05, 0.1) is 22.2 Å². The van der Waals surface area contributed by atoms with Gasteiger partial charge in [-0.05, 0) is 131 Å². The van der Waals surface area contributed by atoms with Gasteiger partial charge in [-0.15, -0.1) is 0 Å². The molecule has 10 nitrogen and oxygen atoms in total. The topological polar surface area (TPSA) is 142 Å². The number of carbonyl (C=O) groups excluding carboxylic acids is 4. The Morgan fingerprint density at radius 1 is 0.731 bits per heavy atom. The van der Waals surface area contributed by atoms with Gasteiger partial charge in [0.1, 0.15) is 23.9 Å². The Labute approximate surface area is 314 Å². The van der Waals surface area contributed by atoms with Crippen LogP contribution in [-0.2, 0) is 42.9 Å². The van der Waals surface area contributed by atoms with Crippen LogP contribution in [-0.4, -0.2) is 58.9 Å². The van der Waals surface area contributed by atoms with Gasteiger partial charge in [0.2, 0.25) is 0 Å². The highest BCUT2D eigenvalue weighted by atomic mass is 16.6. The minimum absolute atomic E-state index is 0.0150. The second kappa shape index (κ2) is 19.6. The Bertz CT molecular complexity index is 1190. The van der Waals surface area contributed by atoms with E-state index in [0.29, 0.717) is 11.8 Å². The molecule has 4 saturated carbocycles. The van der Waals surface area contributed by atoms with Crippen molar-refractivity contribution < 1.29 is 48.0 Å². The quantitative estimate of drug-likeness (QED) is 0.170. The summed E-state index contributed by atoms with van der Waals surface area (Å²) in [6.45, 7) is 20.9. The smallest absolute Gasteiger partial charge is 0.312 e. The number of esters is 4. The fourth-order valence-electron chi connectivity index (χ4n) is 7.33. The number of carboxylic acids is 1. The fourth-order valence-corrected chi connectivity index (χ4v) is 7.33. The van der Waals surface area contributed by atoms with Crippen LogP contribution in [0.1, 0.15) is 179 Å². The lowest BCUT2D eigenvalue weighted by Gasteiger charge is -2.38. The van der Waals surface area contributed by atoms with Gasteiger partial charge in [-0.25, -0.2) is 0 Å². The molecule has 1 heterocycles. The number of aliphatic carboxylic acids is 1. The first-order chi connectivity index (χ1) is 24.2. The lowest BCUT2D eigenvalue weighted by molar-refractivity contribution is -0.175. The summed E-state index contributed by atoms with van der Waals surface area (Å²) in [5, 5.41) is 7.42. The maximum absolute atomic E-state index is 12.1. The maximum atomic E-state index is 12.1. The number of hydrogen-bond donors (Lipinski definition) is 1. The monoisotopic (exact) mass is 737 g/mol. The molecule has 0 aromatic carbocycles. The first-order valence-electron chi connectivity index (χ1n) is 20.2. The largest absolute Gasteiger partial charge is 0.481 e. The molecule has 5 rings (SSSR count). The van der Waals surface area contributed by atoms with Crippen molar-refractivity contribution in [3.63, 3.8) is 0 Å². The van der Waals surface area contributed by atoms with E-state index in [1.54, 1.807) is 0 Å². The van der Waals surface area contributed by atoms with Crippen LogP contribution in [0.15, 0.2) is 0 Å². The van der Waals surface area contributed by atoms with Crippen LogP contribution in [0.2, 0.25) is 0 Å². The number of carbonyl (C=O) groups is 5. The van der Waals surface area contributed by atoms with Crippen molar-refractivity contribution in [1.82, 2.24) is 0 Å². The normalized spacial score (nSPS) is 26.2. The maximum Gasteiger partial charge on any atom is 0.312 e. The third kappa shape index (κ3) is 12.5. The zero-order valence-electron chi connectivity index (χ0n) is 34.4. The van der Waals surface area contributed by atoms with Crippen LogP contribution < -0.4 is 0 Å². The van der Waals surface area contributed by atoms with Crippen LogP contribution in [0.4, 0.5) is 0 Å². The van der Waals surface area contributed by atoms with Gasteiger partial charge >= 0.3 is 23.9 Å². The molecule has 10 heteroatoms. The van der Waals surface area contributed by atoms with Crippen LogP contribution >= 0.6 is 0 Å². The van der Waals surface area contributed by atoms with Crippen molar-refractivity contribution in [3.05, 3.63) is 0 Å². The molecule has 0 aromatic rings. The Balaban J connectivity index is 0.000000259. The minimum atomic E-state index is -0.833. The predicted molar refractivity (Wildman–Crippen MR) is 200 cm³/mol. The number of fused-ring (bicyclic) bond motifs is 1. The summed E-state index contributed by atoms with van der Waals surface area (Å²) < 4.78 is 22.4. The van der Waals surface area contributed by atoms with Crippen LogP contribution in [0.5, 0.6) is 0 Å². The van der Waals surface area contributed by atoms with Crippen molar-refractivity contribution in [2.24, 2.45) is 34.0 Å². The summed E-state index contributed by atoms with van der Waals surface area (Å²) in [5.41, 5.74) is -1.25. The molecule has 5 aliphatic rings. The van der Waals surface area contributed by atoms with Crippen LogP contribution in [0, 0.1) is 34.0 Å². The predicted octanol–water partition coefficient (Wildman–Crippen LogP) is 9.38. The van der Waals surface area contributed by atoms with Gasteiger partial charge in [-0.1, -0.05) is 40.5 Å². The van der Waals surface area contributed by atoms with E-state index in [2.05, 4.69) is 6.92 Å². The Morgan fingerprint density at radius 3 is 1.67 bits per heavy atom. The molecule has 1 aliphatic heterocycles. The number of rotatable bonds is 10. The Morgan fingerprint density at radius 2 is 1.19 bits per heavy atom. The van der Waals surface area contributed by atoms with E-state index in [1.807, 2.05) is 62.3 Å². The Kier molecular flexibility index (Phi) is 17.2. The third-order valence-electron chi connectivity index (χ3n) is 12.5. The minimum Gasteiger partial charge on any atom is -0.481 e. The molecule has 5 atom stereocenters. The van der Waals surface area contributed by atoms with E-state index in [0.717, 1.165) is 71.1 Å². The van der Waals surface area contributed by atoms with Crippen LogP contribution in [0.25, 0.3) is 0 Å². The zero-order valence-corrected chi connectivity index (χ0v) is 34.4. The van der Waals surface area contributed by atoms with E-state index in [1.165, 1.54) is 38.5 Å². The van der Waals surface area contributed by atoms with Crippen LogP contribution in [0.3, 0.4) is 0 Å². The lowest BCUT2D eigenvalue weighted by atomic mass is 9.82. The molecule has 0 radical (unpaired) electrons. The third-order valence-corrected chi connectivity index (χ3v) is 12.5. The van der Waals surface area contributed by atoms with Crippen molar-refractivity contribution in [1.29, 1.82) is 0 Å². The van der Waals surface area contributed by atoms with E-state index in [9.17, 15) is 19.2 Å². The molecular weight excluding hydrogens is 664 g/mol. The standard InChI is InChI=1S/C14H20O4.C14H26O2.C12H22O2.C2H4O2/c1-4-14(2,3)13(16)18-10-7-5-8-9(6-7)12(15)17-11(8)10;1-5-13(3,4)12(15)16-14(6-2)10-8-7-9-11-14;1-4-12(2,3)11(13)14-10-8-6-5-7-9-10;1-2(3)4/h7-11H,4-6H2,1-3H3;5-11H2,1-4H3;10H,4-9H2,1-3H3;1H3,(H,3,4). The average Bonchev–Trinajstić information content (AvgIpc) is 3.75. The molecule has 0 spiro atoms. The first kappa shape index (κ1) is 45.5. The van der Waals surface area contributed by atoms with Gasteiger partial charge < -0.3 is 24.1 Å². The average molecular weight is 737 g/mol. The number of ether oxygens (including phenoxy) is 4. The lowest BCUT2D eigenvalue weighted by Crippen LogP contribution is -2.40. The van der Waals surface area contributed by atoms with E-state index >= 15 is 0 Å². The molecule has 1 saturated heterocycles. The fraction of sp³-hybridized carbons (Fsp3) is 0.881. The highest BCUT2D eigenvalue weighted by Crippen LogP contribution is 2.55. The highest BCUT2D eigenvalue weighted by Gasteiger charge is 2.63. The summed E-state index contributed by atoms with van der Waals surface area (Å²) in [5.74, 6) is -0.416. The summed E-state index contributed by atoms with van der Waals surface area (Å²) in [4.78, 5) is 56.6. The molecule has 1 N–H and O–H groups in total. The summed E-state index contributed by atoms with van der Waals surface area (Å²) in [6, 6.07) is 0. The van der Waals surface area contributed by atoms with Gasteiger partial charge in [0, 0.05) is 18.8 Å². The summed E-state index contributed by atoms with van der Waals surface area (Å²) in [6.07, 6.45) is 16.7. The SMILES string of the molecule is CC(=O)O.CCC(C)(C)C(=O)OC1C2CC3C(=O)OC1C3C2.CCC(C)(C)C(=O)OC1CCCCC1.CCC1(OC(=O)C(C)(C)CC)CCCCC1. The van der Waals surface area contributed by atoms with E-state index < -0.39 is 11.4 Å². The van der Waals surface area contributed by atoms with Crippen molar-refractivity contribution >= 4 is 29.8 Å². The molecule has 52 heavy (non-hydrogen) atoms. The second-order valence-electron chi connectivity index (χ2n) is 17.7. The molecule has 0 amide bonds. The van der Waals surface area contributed by atoms with Crippen molar-refractivity contribution in [2.45, 2.75) is 203 Å². The van der Waals surface area contributed by atoms with Gasteiger partial charge in [0.15, 0.2) is 0 Å². The first-order valence-corrected chi connectivity index (χ1v) is 20.2. The van der Waals surface area contributed by atoms with Gasteiger partial charge in [-0.3, -0.25) is 24.0 Å². The molecule has 5 fully saturated rings. The molecule has 5 unspecified atom stereocenters. The van der Waals surface area contributed by atoms with Gasteiger partial charge in [-0.2, -0.15) is 0 Å². The molecule has 0 aromatic heterocycles. The molecular formula is C42H72O10. The molecule has 2 bridgehead atoms. The Hall–Kier alpha value is -2.65. The summed E-state index contributed by atoms with van der Waals surface area (Å²) in [7, 11) is 0. The zero-order chi connectivity index (χ0) is 39.5. The summed E-state index contributed by atoms with van der Waals surface area (Å²) >= 11 is 0.